The minimum absolute atomic E-state index is 0.0204. The Morgan fingerprint density at radius 1 is 0.411 bits per heavy atom. The summed E-state index contributed by atoms with van der Waals surface area (Å²) in [4.78, 5) is 144. The molecule has 3 rings (SSSR count). The van der Waals surface area contributed by atoms with Gasteiger partial charge in [-0.1, -0.05) is 108 Å². The van der Waals surface area contributed by atoms with Crippen molar-refractivity contribution >= 4 is 65.6 Å². The zero-order valence-electron chi connectivity index (χ0n) is 57.1. The highest BCUT2D eigenvalue weighted by Gasteiger charge is 2.32. The Balaban J connectivity index is 1.59. The number of amides is 7. The number of alkyl carbamates (subject to hydrolysis) is 2. The van der Waals surface area contributed by atoms with E-state index in [4.69, 9.17) is 37.9 Å². The van der Waals surface area contributed by atoms with Crippen molar-refractivity contribution in [3.8, 4) is 11.1 Å². The first-order valence-electron chi connectivity index (χ1n) is 34.0. The first-order valence-corrected chi connectivity index (χ1v) is 34.0. The second kappa shape index (κ2) is 47.9. The van der Waals surface area contributed by atoms with E-state index in [1.54, 1.807) is 20.8 Å². The first-order chi connectivity index (χ1) is 45.7. The fourth-order valence-corrected chi connectivity index (χ4v) is 9.68. The maximum Gasteiger partial charge on any atom is 0.407 e. The van der Waals surface area contributed by atoms with Gasteiger partial charge in [0.25, 0.3) is 0 Å². The van der Waals surface area contributed by atoms with Crippen molar-refractivity contribution in [1.29, 1.82) is 0 Å². The molecule has 0 saturated carbocycles. The van der Waals surface area contributed by atoms with Gasteiger partial charge in [-0.15, -0.1) is 0 Å². The summed E-state index contributed by atoms with van der Waals surface area (Å²) in [6.45, 7) is 13.7. The molecule has 95 heavy (non-hydrogen) atoms. The summed E-state index contributed by atoms with van der Waals surface area (Å²) < 4.78 is 43.4. The molecule has 2 aromatic carbocycles. The molecule has 1 aliphatic rings. The van der Waals surface area contributed by atoms with E-state index in [0.717, 1.165) is 41.5 Å². The number of hydrogen-bond acceptors (Lipinski definition) is 19. The number of unbranched alkanes of at least 4 members (excludes halogenated alkanes) is 7. The van der Waals surface area contributed by atoms with E-state index in [-0.39, 0.29) is 123 Å². The van der Waals surface area contributed by atoms with Crippen molar-refractivity contribution in [3.05, 3.63) is 59.7 Å². The van der Waals surface area contributed by atoms with Crippen molar-refractivity contribution in [1.82, 2.24) is 37.2 Å². The number of fused-ring (bicyclic) bond motifs is 3. The van der Waals surface area contributed by atoms with Crippen LogP contribution in [0.2, 0.25) is 0 Å². The van der Waals surface area contributed by atoms with E-state index in [1.807, 2.05) is 64.1 Å². The Hall–Kier alpha value is -7.87. The fraction of sp³-hybridized carbons (Fsp3) is 0.667. The summed E-state index contributed by atoms with van der Waals surface area (Å²) in [6.07, 6.45) is 5.91. The second-order valence-electron chi connectivity index (χ2n) is 24.2. The minimum Gasteiger partial charge on any atom is -0.466 e. The minimum atomic E-state index is -1.46. The first kappa shape index (κ1) is 81.4. The average Bonchev–Trinajstić information content (AvgIpc) is 1.62. The lowest BCUT2D eigenvalue weighted by Crippen LogP contribution is -2.53. The molecule has 0 aromatic heterocycles. The van der Waals surface area contributed by atoms with Gasteiger partial charge in [-0.25, -0.2) is 19.2 Å². The number of nitrogens with one attached hydrogen (secondary N) is 7. The van der Waals surface area contributed by atoms with Crippen molar-refractivity contribution in [2.24, 2.45) is 0 Å². The van der Waals surface area contributed by atoms with E-state index in [0.29, 0.717) is 70.8 Å². The second-order valence-corrected chi connectivity index (χ2v) is 24.2. The lowest BCUT2D eigenvalue weighted by Gasteiger charge is -2.23. The van der Waals surface area contributed by atoms with Crippen LogP contribution in [0.5, 0.6) is 0 Å². The predicted molar refractivity (Wildman–Crippen MR) is 353 cm³/mol. The summed E-state index contributed by atoms with van der Waals surface area (Å²) in [5, 5.41) is 18.8. The molecule has 0 spiro atoms. The highest BCUT2D eigenvalue weighted by Crippen LogP contribution is 2.44. The molecule has 0 saturated heterocycles. The summed E-state index contributed by atoms with van der Waals surface area (Å²) >= 11 is 0. The fourth-order valence-electron chi connectivity index (χ4n) is 9.68. The summed E-state index contributed by atoms with van der Waals surface area (Å²) in [5.74, 6) is -5.98. The van der Waals surface area contributed by atoms with Crippen LogP contribution in [0.1, 0.15) is 200 Å². The Morgan fingerprint density at radius 3 is 1.45 bits per heavy atom. The largest absolute Gasteiger partial charge is 0.466 e. The number of hydrogen-bond donors (Lipinski definition) is 7. The molecule has 2 aromatic rings. The normalized spacial score (nSPS) is 12.8. The van der Waals surface area contributed by atoms with Crippen LogP contribution in [0, 0.1) is 0 Å². The van der Waals surface area contributed by atoms with Crippen LogP contribution in [0.15, 0.2) is 48.5 Å². The number of esters is 4. The quantitative estimate of drug-likeness (QED) is 0.0190. The van der Waals surface area contributed by atoms with E-state index in [9.17, 15) is 52.7 Å². The monoisotopic (exact) mass is 1340 g/mol. The van der Waals surface area contributed by atoms with Gasteiger partial charge >= 0.3 is 36.1 Å². The van der Waals surface area contributed by atoms with Crippen LogP contribution >= 0.6 is 0 Å². The number of carbonyl (C=O) groups is 11. The van der Waals surface area contributed by atoms with Crippen LogP contribution in [0.25, 0.3) is 11.1 Å². The molecule has 532 valence electrons. The highest BCUT2D eigenvalue weighted by molar-refractivity contribution is 5.92. The standard InChI is InChI=1S/C69H107N7O19/c1-8-12-40-90-61(80)35-32-56(65(84)92-42-14-10-3)75-59(78)34-31-55(64(83)76-57(66(85)93-43-15-11-4)33-36-62(81)91-41-13-9-2)74-60(79)48-89-46-45-88-44-39-70-63(82)54(73-58(77)30-17-16-23-37-72-68(87)95-69(5,6)7)29-22-24-38-71-67(86)94-47-53-51-27-20-18-25-49(51)50-26-19-21-28-52(50)53/h18-21,25-28,53-57H,8-17,22-24,29-48H2,1-7H3,(H,70,82)(H,71,86)(H,72,87)(H,73,77)(H,74,79)(H,75,78)(H,76,83). The lowest BCUT2D eigenvalue weighted by atomic mass is 9.98. The molecular formula is C69H107N7O19. The van der Waals surface area contributed by atoms with E-state index in [2.05, 4.69) is 49.4 Å². The van der Waals surface area contributed by atoms with Gasteiger partial charge in [0.15, 0.2) is 0 Å². The van der Waals surface area contributed by atoms with Gasteiger partial charge in [-0.3, -0.25) is 33.6 Å². The van der Waals surface area contributed by atoms with Gasteiger partial charge < -0.3 is 75.1 Å². The summed E-state index contributed by atoms with van der Waals surface area (Å²) in [5.41, 5.74) is 3.79. The molecule has 26 nitrogen and oxygen atoms in total. The van der Waals surface area contributed by atoms with Crippen LogP contribution in [-0.2, 0) is 81.0 Å². The molecule has 4 atom stereocenters. The van der Waals surface area contributed by atoms with Crippen LogP contribution < -0.4 is 37.2 Å². The molecule has 1 aliphatic carbocycles. The van der Waals surface area contributed by atoms with Crippen molar-refractivity contribution < 1.29 is 90.6 Å². The molecular weight excluding hydrogens is 1230 g/mol. The maximum absolute atomic E-state index is 14.1. The third kappa shape index (κ3) is 35.5. The summed E-state index contributed by atoms with van der Waals surface area (Å²) in [7, 11) is 0. The SMILES string of the molecule is CCCCOC(=O)CCC(NC(=O)CCC(NC(=O)COCCOCCNC(=O)C(CCCCNC(=O)OCC1c2ccccc2-c2ccccc21)NC(=O)CCCCCNC(=O)OC(C)(C)C)C(=O)NC(CCC(=O)OCCCC)C(=O)OCCCC)C(=O)OCCCC. The zero-order chi connectivity index (χ0) is 69.6. The topological polar surface area (TPSA) is 346 Å². The van der Waals surface area contributed by atoms with Crippen molar-refractivity contribution in [2.75, 3.05) is 79.1 Å². The average molecular weight is 1340 g/mol. The van der Waals surface area contributed by atoms with Gasteiger partial charge in [-0.05, 0) is 120 Å². The third-order valence-electron chi connectivity index (χ3n) is 14.9. The van der Waals surface area contributed by atoms with Gasteiger partial charge in [0.1, 0.15) is 43.0 Å². The number of benzene rings is 2. The molecule has 26 heteroatoms. The number of ether oxygens (including phenoxy) is 8. The van der Waals surface area contributed by atoms with E-state index >= 15 is 0 Å². The van der Waals surface area contributed by atoms with Gasteiger partial charge in [-0.2, -0.15) is 0 Å². The molecule has 0 heterocycles. The van der Waals surface area contributed by atoms with E-state index in [1.165, 1.54) is 0 Å². The van der Waals surface area contributed by atoms with Gasteiger partial charge in [0, 0.05) is 51.2 Å². The van der Waals surface area contributed by atoms with Crippen LogP contribution in [0.3, 0.4) is 0 Å². The molecule has 0 radical (unpaired) electrons. The number of carbonyl (C=O) groups excluding carboxylic acids is 11. The zero-order valence-corrected chi connectivity index (χ0v) is 57.1. The Morgan fingerprint density at radius 2 is 0.884 bits per heavy atom. The van der Waals surface area contributed by atoms with Crippen molar-refractivity contribution in [3.63, 3.8) is 0 Å². The van der Waals surface area contributed by atoms with Gasteiger partial charge in [0.2, 0.25) is 29.5 Å². The number of rotatable bonds is 50. The third-order valence-corrected chi connectivity index (χ3v) is 14.9. The highest BCUT2D eigenvalue weighted by atomic mass is 16.6. The molecule has 0 aliphatic heterocycles. The maximum atomic E-state index is 14.1. The molecule has 0 bridgehead atoms. The Kier molecular flexibility index (Phi) is 41.0. The lowest BCUT2D eigenvalue weighted by molar-refractivity contribution is -0.150. The molecule has 7 amide bonds. The molecule has 7 N–H and O–H groups in total. The molecule has 4 unspecified atom stereocenters. The smallest absolute Gasteiger partial charge is 0.407 e. The predicted octanol–water partition coefficient (Wildman–Crippen LogP) is 7.58. The molecule has 0 fully saturated rings. The van der Waals surface area contributed by atoms with Crippen molar-refractivity contribution in [2.45, 2.75) is 219 Å². The van der Waals surface area contributed by atoms with Crippen LogP contribution in [0.4, 0.5) is 9.59 Å². The summed E-state index contributed by atoms with van der Waals surface area (Å²) in [6, 6.07) is 11.2. The van der Waals surface area contributed by atoms with Gasteiger partial charge in [0.05, 0.1) is 46.2 Å². The van der Waals surface area contributed by atoms with Crippen LogP contribution in [-0.4, -0.2) is 174 Å². The van der Waals surface area contributed by atoms with E-state index < -0.39 is 102 Å². The Labute approximate surface area is 560 Å². The Bertz CT molecular complexity index is 2640.